The van der Waals surface area contributed by atoms with E-state index in [-0.39, 0.29) is 11.4 Å². The summed E-state index contributed by atoms with van der Waals surface area (Å²) in [6.45, 7) is 0. The summed E-state index contributed by atoms with van der Waals surface area (Å²) in [4.78, 5) is 12.3. The van der Waals surface area contributed by atoms with Crippen molar-refractivity contribution >= 4 is 23.2 Å². The highest BCUT2D eigenvalue weighted by Crippen LogP contribution is 2.56. The van der Waals surface area contributed by atoms with Gasteiger partial charge in [0, 0.05) is 27.7 Å². The van der Waals surface area contributed by atoms with Crippen LogP contribution in [0.15, 0.2) is 78.9 Å². The van der Waals surface area contributed by atoms with Crippen LogP contribution in [0.2, 0.25) is 5.02 Å². The Bertz CT molecular complexity index is 940. The Morgan fingerprint density at radius 1 is 1.00 bits per heavy atom. The molecule has 1 aliphatic carbocycles. The summed E-state index contributed by atoms with van der Waals surface area (Å²) in [5, 5.41) is 3.44. The largest absolute Gasteiger partial charge is 0.322 e. The van der Waals surface area contributed by atoms with E-state index in [1.54, 1.807) is 24.3 Å². The lowest BCUT2D eigenvalue weighted by molar-refractivity contribution is 0.102. The third-order valence-corrected chi connectivity index (χ3v) is 5.21. The lowest BCUT2D eigenvalue weighted by Gasteiger charge is -2.12. The number of hydrogen-bond donors (Lipinski definition) is 2. The molecule has 2 unspecified atom stereocenters. The lowest BCUT2D eigenvalue weighted by Crippen LogP contribution is -2.21. The highest BCUT2D eigenvalue weighted by atomic mass is 35.5. The second-order valence-corrected chi connectivity index (χ2v) is 7.19. The van der Waals surface area contributed by atoms with E-state index < -0.39 is 0 Å². The molecule has 130 valence electrons. The zero-order valence-electron chi connectivity index (χ0n) is 14.2. The van der Waals surface area contributed by atoms with E-state index in [1.807, 2.05) is 42.5 Å². The Morgan fingerprint density at radius 3 is 2.42 bits per heavy atom. The fraction of sp³-hybridized carbons (Fsp3) is 0.136. The summed E-state index contributed by atoms with van der Waals surface area (Å²) in [6.07, 6.45) is 0.936. The van der Waals surface area contributed by atoms with Crippen LogP contribution in [-0.2, 0) is 5.54 Å². The van der Waals surface area contributed by atoms with Crippen molar-refractivity contribution in [2.75, 3.05) is 5.32 Å². The molecular formula is C22H19ClN2O. The number of anilines is 1. The van der Waals surface area contributed by atoms with E-state index in [1.165, 1.54) is 11.1 Å². The van der Waals surface area contributed by atoms with Crippen LogP contribution in [0.25, 0.3) is 0 Å². The molecule has 4 rings (SSSR count). The average molecular weight is 363 g/mol. The minimum absolute atomic E-state index is 0.177. The lowest BCUT2D eigenvalue weighted by atomic mass is 9.99. The molecule has 0 aliphatic heterocycles. The molecule has 1 aliphatic rings. The van der Waals surface area contributed by atoms with Gasteiger partial charge < -0.3 is 11.1 Å². The van der Waals surface area contributed by atoms with Gasteiger partial charge in [-0.1, -0.05) is 60.1 Å². The SMILES string of the molecule is NC1(c2ccccc2)CC1c1ccc(NC(=O)c2cccc(Cl)c2)cc1. The number of nitrogens with one attached hydrogen (secondary N) is 1. The Labute approximate surface area is 157 Å². The summed E-state index contributed by atoms with van der Waals surface area (Å²) in [5.74, 6) is 0.131. The van der Waals surface area contributed by atoms with E-state index in [9.17, 15) is 4.79 Å². The minimum Gasteiger partial charge on any atom is -0.322 e. The van der Waals surface area contributed by atoms with E-state index in [4.69, 9.17) is 17.3 Å². The number of amides is 1. The van der Waals surface area contributed by atoms with Gasteiger partial charge in [0.2, 0.25) is 0 Å². The van der Waals surface area contributed by atoms with Crippen molar-refractivity contribution in [3.63, 3.8) is 0 Å². The van der Waals surface area contributed by atoms with Crippen molar-refractivity contribution in [1.29, 1.82) is 0 Å². The van der Waals surface area contributed by atoms with Crippen LogP contribution in [0, 0.1) is 0 Å². The number of carbonyl (C=O) groups excluding carboxylic acids is 1. The number of benzene rings is 3. The first-order valence-electron chi connectivity index (χ1n) is 8.57. The molecular weight excluding hydrogens is 344 g/mol. The molecule has 0 heterocycles. The minimum atomic E-state index is -0.285. The highest BCUT2D eigenvalue weighted by molar-refractivity contribution is 6.31. The fourth-order valence-electron chi connectivity index (χ4n) is 3.39. The van der Waals surface area contributed by atoms with Crippen molar-refractivity contribution < 1.29 is 4.79 Å². The average Bonchev–Trinajstić information content (AvgIpc) is 3.36. The monoisotopic (exact) mass is 362 g/mol. The van der Waals surface area contributed by atoms with Crippen LogP contribution >= 0.6 is 11.6 Å². The maximum absolute atomic E-state index is 12.3. The standard InChI is InChI=1S/C22H19ClN2O/c23-18-8-4-5-16(13-18)21(26)25-19-11-9-15(10-12-19)20-14-22(20,24)17-6-2-1-3-7-17/h1-13,20H,14,24H2,(H,25,26). The van der Waals surface area contributed by atoms with Crippen LogP contribution in [-0.4, -0.2) is 5.91 Å². The third kappa shape index (κ3) is 3.24. The molecule has 0 aromatic heterocycles. The van der Waals surface area contributed by atoms with Gasteiger partial charge in [-0.2, -0.15) is 0 Å². The van der Waals surface area contributed by atoms with Gasteiger partial charge in [0.1, 0.15) is 0 Å². The molecule has 26 heavy (non-hydrogen) atoms. The van der Waals surface area contributed by atoms with E-state index in [0.29, 0.717) is 16.5 Å². The molecule has 3 aromatic rings. The van der Waals surface area contributed by atoms with Gasteiger partial charge in [-0.25, -0.2) is 0 Å². The number of rotatable bonds is 4. The van der Waals surface area contributed by atoms with Gasteiger partial charge in [-0.3, -0.25) is 4.79 Å². The van der Waals surface area contributed by atoms with Crippen molar-refractivity contribution in [2.45, 2.75) is 17.9 Å². The molecule has 1 saturated carbocycles. The maximum atomic E-state index is 12.3. The van der Waals surface area contributed by atoms with Gasteiger partial charge in [0.25, 0.3) is 5.91 Å². The molecule has 0 spiro atoms. The van der Waals surface area contributed by atoms with Gasteiger partial charge in [0.05, 0.1) is 0 Å². The van der Waals surface area contributed by atoms with Crippen LogP contribution in [0.3, 0.4) is 0 Å². The predicted octanol–water partition coefficient (Wildman–Crippen LogP) is 4.93. The van der Waals surface area contributed by atoms with Crippen molar-refractivity contribution in [3.8, 4) is 0 Å². The van der Waals surface area contributed by atoms with Crippen LogP contribution in [0.5, 0.6) is 0 Å². The zero-order chi connectivity index (χ0) is 18.1. The Balaban J connectivity index is 1.46. The highest BCUT2D eigenvalue weighted by Gasteiger charge is 2.52. The summed E-state index contributed by atoms with van der Waals surface area (Å²) in [6, 6.07) is 25.0. The van der Waals surface area contributed by atoms with Crippen LogP contribution < -0.4 is 11.1 Å². The first-order valence-corrected chi connectivity index (χ1v) is 8.95. The van der Waals surface area contributed by atoms with Crippen LogP contribution in [0.1, 0.15) is 33.8 Å². The van der Waals surface area contributed by atoms with Gasteiger partial charge >= 0.3 is 0 Å². The molecule has 1 fully saturated rings. The second kappa shape index (κ2) is 6.60. The first kappa shape index (κ1) is 16.8. The molecule has 2 atom stereocenters. The third-order valence-electron chi connectivity index (χ3n) is 4.97. The Morgan fingerprint density at radius 2 is 1.73 bits per heavy atom. The van der Waals surface area contributed by atoms with Crippen molar-refractivity contribution in [2.24, 2.45) is 5.73 Å². The maximum Gasteiger partial charge on any atom is 0.255 e. The van der Waals surface area contributed by atoms with Gasteiger partial charge in [-0.15, -0.1) is 0 Å². The number of halogens is 1. The molecule has 3 N–H and O–H groups in total. The molecule has 1 amide bonds. The number of carbonyl (C=O) groups is 1. The smallest absolute Gasteiger partial charge is 0.255 e. The summed E-state index contributed by atoms with van der Waals surface area (Å²) < 4.78 is 0. The number of nitrogens with two attached hydrogens (primary N) is 1. The molecule has 0 radical (unpaired) electrons. The van der Waals surface area contributed by atoms with Gasteiger partial charge in [-0.05, 0) is 47.9 Å². The molecule has 3 nitrogen and oxygen atoms in total. The van der Waals surface area contributed by atoms with E-state index >= 15 is 0 Å². The van der Waals surface area contributed by atoms with Crippen LogP contribution in [0.4, 0.5) is 5.69 Å². The Kier molecular flexibility index (Phi) is 4.27. The van der Waals surface area contributed by atoms with Crippen molar-refractivity contribution in [3.05, 3.63) is 101 Å². The van der Waals surface area contributed by atoms with E-state index in [0.717, 1.165) is 12.1 Å². The molecule has 4 heteroatoms. The summed E-state index contributed by atoms with van der Waals surface area (Å²) >= 11 is 5.94. The van der Waals surface area contributed by atoms with Gasteiger partial charge in [0.15, 0.2) is 0 Å². The normalized spacial score (nSPS) is 21.2. The fourth-order valence-corrected chi connectivity index (χ4v) is 3.58. The molecule has 3 aromatic carbocycles. The summed E-state index contributed by atoms with van der Waals surface area (Å²) in [7, 11) is 0. The quantitative estimate of drug-likeness (QED) is 0.691. The van der Waals surface area contributed by atoms with E-state index in [2.05, 4.69) is 17.4 Å². The molecule has 0 saturated heterocycles. The summed E-state index contributed by atoms with van der Waals surface area (Å²) in [5.41, 5.74) is 9.93. The van der Waals surface area contributed by atoms with Crippen molar-refractivity contribution in [1.82, 2.24) is 0 Å². The zero-order valence-corrected chi connectivity index (χ0v) is 14.9. The number of hydrogen-bond acceptors (Lipinski definition) is 2. The topological polar surface area (TPSA) is 55.1 Å². The second-order valence-electron chi connectivity index (χ2n) is 6.75. The first-order chi connectivity index (χ1) is 12.6. The molecule has 0 bridgehead atoms. The Hall–Kier alpha value is -2.62. The predicted molar refractivity (Wildman–Crippen MR) is 106 cm³/mol.